The number of nitrogen functional groups attached to an aromatic ring is 2. The third kappa shape index (κ3) is 11.9. The maximum atomic E-state index is 14.7. The van der Waals surface area contributed by atoms with E-state index >= 15 is 0 Å². The van der Waals surface area contributed by atoms with Gasteiger partial charge in [0.1, 0.15) is 5.75 Å². The number of anilines is 2. The maximum Gasteiger partial charge on any atom is 0.426 e. The molecule has 3 aromatic rings. The molecule has 0 heterocycles. The van der Waals surface area contributed by atoms with Crippen LogP contribution in [0.3, 0.4) is 0 Å². The standard InChI is InChI=1S/C32H33F5N2O5/c33-31(34,35)16-2-1-5-22-6-11-25(12-7-22)32(36,37)44-28-13-8-23(9-14-28)10-15-29(40)42-17-3-4-18-43-30(41)24-19-26(38)21-27(39)20-24/h6-15,19-21H,1-5,16-18,38-39H2/b15-10+. The van der Waals surface area contributed by atoms with E-state index in [1.807, 2.05) is 0 Å². The van der Waals surface area contributed by atoms with Gasteiger partial charge in [-0.2, -0.15) is 22.0 Å². The van der Waals surface area contributed by atoms with Crippen LogP contribution in [-0.2, 0) is 26.8 Å². The summed E-state index contributed by atoms with van der Waals surface area (Å²) in [6, 6.07) is 15.3. The monoisotopic (exact) mass is 620 g/mol. The minimum atomic E-state index is -4.21. The van der Waals surface area contributed by atoms with Gasteiger partial charge >= 0.3 is 24.2 Å². The van der Waals surface area contributed by atoms with E-state index in [1.54, 1.807) is 0 Å². The summed E-state index contributed by atoms with van der Waals surface area (Å²) in [7, 11) is 0. The summed E-state index contributed by atoms with van der Waals surface area (Å²) in [4.78, 5) is 24.0. The van der Waals surface area contributed by atoms with E-state index in [0.29, 0.717) is 48.2 Å². The van der Waals surface area contributed by atoms with Crippen molar-refractivity contribution in [1.82, 2.24) is 0 Å². The van der Waals surface area contributed by atoms with Gasteiger partial charge in [-0.05, 0) is 91.8 Å². The molecular weight excluding hydrogens is 587 g/mol. The van der Waals surface area contributed by atoms with Crippen molar-refractivity contribution in [3.63, 3.8) is 0 Å². The summed E-state index contributed by atoms with van der Waals surface area (Å²) in [5.74, 6) is -1.27. The lowest BCUT2D eigenvalue weighted by Crippen LogP contribution is -2.21. The van der Waals surface area contributed by atoms with Crippen LogP contribution >= 0.6 is 0 Å². The molecule has 0 amide bonds. The number of halogens is 5. The molecule has 0 aromatic heterocycles. The Labute approximate surface area is 251 Å². The van der Waals surface area contributed by atoms with Crippen molar-refractivity contribution in [2.45, 2.75) is 50.8 Å². The highest BCUT2D eigenvalue weighted by molar-refractivity contribution is 5.91. The molecule has 236 valence electrons. The van der Waals surface area contributed by atoms with Gasteiger partial charge in [-0.3, -0.25) is 0 Å². The molecule has 0 bridgehead atoms. The number of esters is 2. The van der Waals surface area contributed by atoms with E-state index < -0.39 is 36.2 Å². The normalized spacial score (nSPS) is 11.8. The first-order valence-electron chi connectivity index (χ1n) is 13.8. The highest BCUT2D eigenvalue weighted by Crippen LogP contribution is 2.32. The Hall–Kier alpha value is -4.61. The number of unbranched alkanes of at least 4 members (excludes halogenated alkanes) is 2. The van der Waals surface area contributed by atoms with Crippen molar-refractivity contribution in [1.29, 1.82) is 0 Å². The molecule has 0 aliphatic carbocycles. The molecule has 0 aliphatic rings. The van der Waals surface area contributed by atoms with Crippen LogP contribution in [0.15, 0.2) is 72.8 Å². The minimum absolute atomic E-state index is 0.0270. The molecule has 12 heteroatoms. The van der Waals surface area contributed by atoms with Crippen molar-refractivity contribution in [2.24, 2.45) is 0 Å². The van der Waals surface area contributed by atoms with E-state index in [0.717, 1.165) is 0 Å². The van der Waals surface area contributed by atoms with Gasteiger partial charge in [0.2, 0.25) is 0 Å². The Balaban J connectivity index is 1.36. The zero-order valence-corrected chi connectivity index (χ0v) is 23.7. The molecule has 0 unspecified atom stereocenters. The lowest BCUT2D eigenvalue weighted by molar-refractivity contribution is -0.185. The molecule has 0 saturated carbocycles. The molecule has 0 saturated heterocycles. The number of aryl methyl sites for hydroxylation is 1. The number of benzene rings is 3. The smallest absolute Gasteiger partial charge is 0.426 e. The van der Waals surface area contributed by atoms with E-state index in [-0.39, 0.29) is 30.9 Å². The number of carbonyl (C=O) groups excluding carboxylic acids is 2. The van der Waals surface area contributed by atoms with Gasteiger partial charge in [-0.15, -0.1) is 0 Å². The van der Waals surface area contributed by atoms with Crippen LogP contribution in [0, 0.1) is 0 Å². The van der Waals surface area contributed by atoms with Crippen LogP contribution in [0.4, 0.5) is 33.3 Å². The predicted molar refractivity (Wildman–Crippen MR) is 156 cm³/mol. The van der Waals surface area contributed by atoms with Crippen molar-refractivity contribution in [3.8, 4) is 5.75 Å². The second-order valence-corrected chi connectivity index (χ2v) is 9.94. The largest absolute Gasteiger partial charge is 0.463 e. The highest BCUT2D eigenvalue weighted by atomic mass is 19.4. The third-order valence-corrected chi connectivity index (χ3v) is 6.23. The number of hydrogen-bond acceptors (Lipinski definition) is 7. The first-order chi connectivity index (χ1) is 20.8. The number of nitrogens with two attached hydrogens (primary N) is 2. The minimum Gasteiger partial charge on any atom is -0.463 e. The van der Waals surface area contributed by atoms with Gasteiger partial charge in [0.25, 0.3) is 0 Å². The SMILES string of the molecule is Nc1cc(N)cc(C(=O)OCCCCOC(=O)/C=C/c2ccc(OC(F)(F)c3ccc(CCCCC(F)(F)F)cc3)cc2)c1. The molecule has 0 atom stereocenters. The molecule has 0 aliphatic heterocycles. The van der Waals surface area contributed by atoms with Crippen LogP contribution in [0.25, 0.3) is 6.08 Å². The maximum absolute atomic E-state index is 14.7. The number of ether oxygens (including phenoxy) is 3. The van der Waals surface area contributed by atoms with Gasteiger partial charge < -0.3 is 25.7 Å². The Morgan fingerprint density at radius 1 is 0.750 bits per heavy atom. The first kappa shape index (κ1) is 33.9. The molecule has 7 nitrogen and oxygen atoms in total. The average Bonchev–Trinajstić information content (AvgIpc) is 2.95. The van der Waals surface area contributed by atoms with E-state index in [9.17, 15) is 31.5 Å². The van der Waals surface area contributed by atoms with Crippen molar-refractivity contribution < 1.29 is 45.8 Å². The Bertz CT molecular complexity index is 1390. The Kier molecular flexibility index (Phi) is 12.1. The zero-order chi connectivity index (χ0) is 32.2. The summed E-state index contributed by atoms with van der Waals surface area (Å²) in [5, 5.41) is 0. The van der Waals surface area contributed by atoms with Crippen LogP contribution in [0.1, 0.15) is 59.2 Å². The van der Waals surface area contributed by atoms with E-state index in [2.05, 4.69) is 0 Å². The van der Waals surface area contributed by atoms with Crippen LogP contribution in [-0.4, -0.2) is 31.3 Å². The molecule has 3 aromatic carbocycles. The van der Waals surface area contributed by atoms with Gasteiger partial charge in [0.05, 0.1) is 24.3 Å². The molecule has 3 rings (SSSR count). The fraction of sp³-hybridized carbons (Fsp3) is 0.312. The number of rotatable bonds is 15. The predicted octanol–water partition coefficient (Wildman–Crippen LogP) is 7.45. The highest BCUT2D eigenvalue weighted by Gasteiger charge is 2.34. The van der Waals surface area contributed by atoms with E-state index in [1.165, 1.54) is 78.9 Å². The molecule has 44 heavy (non-hydrogen) atoms. The van der Waals surface area contributed by atoms with E-state index in [4.69, 9.17) is 25.7 Å². The zero-order valence-electron chi connectivity index (χ0n) is 23.7. The Morgan fingerprint density at radius 3 is 1.98 bits per heavy atom. The molecule has 0 spiro atoms. The lowest BCUT2D eigenvalue weighted by Gasteiger charge is -2.18. The molecule has 0 fully saturated rings. The topological polar surface area (TPSA) is 114 Å². The van der Waals surface area contributed by atoms with Crippen LogP contribution in [0.2, 0.25) is 0 Å². The molecule has 4 N–H and O–H groups in total. The lowest BCUT2D eigenvalue weighted by atomic mass is 10.0. The van der Waals surface area contributed by atoms with Gasteiger partial charge in [0.15, 0.2) is 0 Å². The number of hydrogen-bond donors (Lipinski definition) is 2. The second-order valence-electron chi connectivity index (χ2n) is 9.94. The second kappa shape index (κ2) is 15.7. The van der Waals surface area contributed by atoms with Gasteiger partial charge in [-0.1, -0.05) is 24.3 Å². The third-order valence-electron chi connectivity index (χ3n) is 6.23. The van der Waals surface area contributed by atoms with Gasteiger partial charge in [-0.25, -0.2) is 9.59 Å². The number of alkyl halides is 5. The van der Waals surface area contributed by atoms with Crippen molar-refractivity contribution in [3.05, 3.63) is 95.1 Å². The van der Waals surface area contributed by atoms with Crippen molar-refractivity contribution >= 4 is 29.4 Å². The van der Waals surface area contributed by atoms with Gasteiger partial charge in [0, 0.05) is 23.9 Å². The summed E-state index contributed by atoms with van der Waals surface area (Å²) < 4.78 is 81.2. The first-order valence-corrected chi connectivity index (χ1v) is 13.8. The molecule has 0 radical (unpaired) electrons. The Morgan fingerprint density at radius 2 is 1.36 bits per heavy atom. The summed E-state index contributed by atoms with van der Waals surface area (Å²) in [5.41, 5.74) is 13.1. The summed E-state index contributed by atoms with van der Waals surface area (Å²) in [6.45, 7) is 0.223. The number of carbonyl (C=O) groups is 2. The average molecular weight is 621 g/mol. The molecular formula is C32H33F5N2O5. The van der Waals surface area contributed by atoms with Crippen LogP contribution in [0.5, 0.6) is 5.75 Å². The van der Waals surface area contributed by atoms with Crippen molar-refractivity contribution in [2.75, 3.05) is 24.7 Å². The summed E-state index contributed by atoms with van der Waals surface area (Å²) >= 11 is 0. The van der Waals surface area contributed by atoms with Crippen LogP contribution < -0.4 is 16.2 Å². The fourth-order valence-corrected chi connectivity index (χ4v) is 4.01. The summed E-state index contributed by atoms with van der Waals surface area (Å²) in [6.07, 6.45) is -4.53. The quantitative estimate of drug-likeness (QED) is 0.0597. The fourth-order valence-electron chi connectivity index (χ4n) is 4.01.